The molecule has 0 radical (unpaired) electrons. The molecule has 0 amide bonds. The lowest BCUT2D eigenvalue weighted by Crippen LogP contribution is -2.68. The van der Waals surface area contributed by atoms with Crippen molar-refractivity contribution >= 4 is 0 Å². The molecule has 0 aliphatic rings. The largest absolute Gasteiger partial charge is 0.460 e. The van der Waals surface area contributed by atoms with E-state index < -0.39 is 78.5 Å². The first-order valence-electron chi connectivity index (χ1n) is 16.7. The van der Waals surface area contributed by atoms with E-state index >= 15 is 8.78 Å². The van der Waals surface area contributed by atoms with Crippen molar-refractivity contribution in [3.63, 3.8) is 0 Å². The van der Waals surface area contributed by atoms with Crippen molar-refractivity contribution in [3.8, 4) is 17.1 Å². The molecule has 28 heteroatoms. The van der Waals surface area contributed by atoms with Crippen molar-refractivity contribution in [2.24, 2.45) is 0 Å². The van der Waals surface area contributed by atoms with Gasteiger partial charge in [-0.05, 0) is 42.7 Å². The van der Waals surface area contributed by atoms with Gasteiger partial charge in [-0.3, -0.25) is 4.74 Å². The Morgan fingerprint density at radius 1 is 0.517 bits per heavy atom. The van der Waals surface area contributed by atoms with Gasteiger partial charge < -0.3 is 4.74 Å². The van der Waals surface area contributed by atoms with E-state index in [4.69, 9.17) is 0 Å². The van der Waals surface area contributed by atoms with Crippen LogP contribution >= 0.6 is 0 Å². The average Bonchev–Trinajstić information content (AvgIpc) is 3.11. The van der Waals surface area contributed by atoms with Gasteiger partial charge in [0.2, 0.25) is 0 Å². The minimum atomic E-state index is -8.39. The molecule has 0 fully saturated rings. The predicted octanol–water partition coefficient (Wildman–Crippen LogP) is 13.0. The molecule has 1 unspecified atom stereocenters. The van der Waals surface area contributed by atoms with Crippen LogP contribution in [0.3, 0.4) is 0 Å². The van der Waals surface area contributed by atoms with Gasteiger partial charge in [0.25, 0.3) is 6.29 Å². The third kappa shape index (κ3) is 10.7. The molecule has 1 heterocycles. The molecule has 0 N–H and O–H groups in total. The molecule has 0 aliphatic carbocycles. The lowest BCUT2D eigenvalue weighted by molar-refractivity contribution is -0.523. The van der Waals surface area contributed by atoms with Gasteiger partial charge in [-0.25, -0.2) is 23.5 Å². The summed E-state index contributed by atoms with van der Waals surface area (Å²) in [7, 11) is 0. The summed E-state index contributed by atoms with van der Waals surface area (Å²) in [5.41, 5.74) is 0.349. The van der Waals surface area contributed by atoms with Gasteiger partial charge in [0.15, 0.2) is 5.82 Å². The van der Waals surface area contributed by atoms with E-state index in [1.54, 1.807) is 0 Å². The highest BCUT2D eigenvalue weighted by molar-refractivity contribution is 5.56. The second-order valence-electron chi connectivity index (χ2n) is 12.7. The summed E-state index contributed by atoms with van der Waals surface area (Å²) in [6.07, 6.45) is -32.9. The zero-order chi connectivity index (χ0) is 46.6. The van der Waals surface area contributed by atoms with Crippen LogP contribution in [0.1, 0.15) is 63.9 Å². The van der Waals surface area contributed by atoms with Crippen LogP contribution in [0.4, 0.5) is 101 Å². The molecular formula is C32H29F23N2O3. The molecule has 0 bridgehead atoms. The fraction of sp³-hybridized carbons (Fsp3) is 0.688. The highest BCUT2D eigenvalue weighted by atomic mass is 19.4. The van der Waals surface area contributed by atoms with Crippen molar-refractivity contribution in [3.05, 3.63) is 42.2 Å². The van der Waals surface area contributed by atoms with Crippen molar-refractivity contribution < 1.29 is 115 Å². The number of aromatic nitrogens is 2. The summed E-state index contributed by atoms with van der Waals surface area (Å²) >= 11 is 0. The third-order valence-corrected chi connectivity index (χ3v) is 8.15. The molecule has 1 aromatic carbocycles. The van der Waals surface area contributed by atoms with E-state index in [1.165, 1.54) is 17.1 Å². The van der Waals surface area contributed by atoms with Crippen LogP contribution in [-0.2, 0) is 15.9 Å². The second kappa shape index (κ2) is 18.4. The van der Waals surface area contributed by atoms with Gasteiger partial charge in [-0.1, -0.05) is 51.9 Å². The molecule has 2 rings (SSSR count). The quantitative estimate of drug-likeness (QED) is 0.0596. The monoisotopic (exact) mass is 926 g/mol. The molecule has 346 valence electrons. The number of ether oxygens (including phenoxy) is 3. The van der Waals surface area contributed by atoms with E-state index in [1.807, 2.05) is 0 Å². The number of alkyl halides is 23. The Hall–Kier alpha value is -3.59. The van der Waals surface area contributed by atoms with E-state index in [0.717, 1.165) is 44.9 Å². The molecular weight excluding hydrogens is 897 g/mol. The number of aryl methyl sites for hydroxylation is 1. The standard InChI is InChI=1S/C32H29F23N2O3/c1-2-3-4-5-6-7-8-9-10-17-15-56-20(57-16-17)18-11-13-19(14-12-18)58-22(59-30(50,51)25(39,40)23(35,36)21(33)34)24(37,38)26(41,42)31(52,53)60-32(54,55)28(45,46)27(43,44)29(47,48)49/h11-16,21-22H,2-10H2,1H3. The lowest BCUT2D eigenvalue weighted by Gasteiger charge is -2.40. The summed E-state index contributed by atoms with van der Waals surface area (Å²) in [5, 5.41) is 0. The van der Waals surface area contributed by atoms with E-state index in [9.17, 15) is 92.2 Å². The average molecular weight is 927 g/mol. The van der Waals surface area contributed by atoms with Gasteiger partial charge in [0, 0.05) is 18.0 Å². The fourth-order valence-electron chi connectivity index (χ4n) is 4.61. The summed E-state index contributed by atoms with van der Waals surface area (Å²) in [5.74, 6) is -50.0. The maximum Gasteiger partial charge on any atom is 0.460 e. The maximum atomic E-state index is 15.0. The topological polar surface area (TPSA) is 53.5 Å². The first-order chi connectivity index (χ1) is 27.0. The Balaban J connectivity index is 2.51. The minimum Gasteiger partial charge on any atom is -0.458 e. The Labute approximate surface area is 322 Å². The van der Waals surface area contributed by atoms with Crippen molar-refractivity contribution in [1.82, 2.24) is 9.97 Å². The van der Waals surface area contributed by atoms with Crippen LogP contribution in [0.15, 0.2) is 36.7 Å². The summed E-state index contributed by atoms with van der Waals surface area (Å²) in [6, 6.07) is 1.53. The smallest absolute Gasteiger partial charge is 0.458 e. The number of hydrogen-bond donors (Lipinski definition) is 0. The van der Waals surface area contributed by atoms with Gasteiger partial charge >= 0.3 is 66.5 Å². The highest BCUT2D eigenvalue weighted by Crippen LogP contribution is 2.58. The first-order valence-corrected chi connectivity index (χ1v) is 16.7. The molecule has 2 aromatic rings. The molecule has 1 atom stereocenters. The zero-order valence-electron chi connectivity index (χ0n) is 29.8. The Morgan fingerprint density at radius 3 is 1.40 bits per heavy atom. The van der Waals surface area contributed by atoms with Gasteiger partial charge in [0.05, 0.1) is 0 Å². The number of rotatable bonds is 24. The Morgan fingerprint density at radius 2 is 0.950 bits per heavy atom. The Kier molecular flexibility index (Phi) is 16.1. The zero-order valence-corrected chi connectivity index (χ0v) is 29.8. The van der Waals surface area contributed by atoms with Crippen LogP contribution in [0, 0.1) is 0 Å². The van der Waals surface area contributed by atoms with Crippen LogP contribution < -0.4 is 4.74 Å². The van der Waals surface area contributed by atoms with Gasteiger partial charge in [-0.2, -0.15) is 92.2 Å². The molecule has 1 aromatic heterocycles. The number of nitrogens with zero attached hydrogens (tertiary/aromatic N) is 2. The first kappa shape index (κ1) is 52.5. The second-order valence-corrected chi connectivity index (χ2v) is 12.7. The Bertz CT molecular complexity index is 1650. The predicted molar refractivity (Wildman–Crippen MR) is 157 cm³/mol. The SMILES string of the molecule is CCCCCCCCCCc1cnc(-c2ccc(OC(OC(F)(F)C(F)(F)C(F)(F)C(F)F)C(F)(F)C(F)(F)C(F)(F)OC(F)(F)C(F)(F)C(F)(F)C(F)(F)F)cc2)nc1. The number of hydrogen-bond acceptors (Lipinski definition) is 5. The number of unbranched alkanes of at least 4 members (excludes halogenated alkanes) is 7. The lowest BCUT2D eigenvalue weighted by atomic mass is 10.1. The normalized spacial score (nSPS) is 15.2. The van der Waals surface area contributed by atoms with E-state index in [-0.39, 0.29) is 23.5 Å². The molecule has 5 nitrogen and oxygen atoms in total. The van der Waals surface area contributed by atoms with E-state index in [0.29, 0.717) is 30.5 Å². The molecule has 60 heavy (non-hydrogen) atoms. The van der Waals surface area contributed by atoms with E-state index in [2.05, 4.69) is 26.4 Å². The maximum absolute atomic E-state index is 15.0. The highest BCUT2D eigenvalue weighted by Gasteiger charge is 2.87. The van der Waals surface area contributed by atoms with Gasteiger partial charge in [0.1, 0.15) is 5.75 Å². The third-order valence-electron chi connectivity index (χ3n) is 8.15. The molecule has 0 saturated heterocycles. The molecule has 0 spiro atoms. The van der Waals surface area contributed by atoms with Crippen molar-refractivity contribution in [2.45, 2.75) is 137 Å². The van der Waals surface area contributed by atoms with Crippen LogP contribution in [0.5, 0.6) is 5.75 Å². The van der Waals surface area contributed by atoms with Crippen LogP contribution in [0.2, 0.25) is 0 Å². The molecule has 0 saturated carbocycles. The van der Waals surface area contributed by atoms with Crippen LogP contribution in [0.25, 0.3) is 11.4 Å². The summed E-state index contributed by atoms with van der Waals surface area (Å²) < 4.78 is 321. The summed E-state index contributed by atoms with van der Waals surface area (Å²) in [4.78, 5) is 7.89. The minimum absolute atomic E-state index is 0.171. The number of benzene rings is 1. The van der Waals surface area contributed by atoms with Crippen molar-refractivity contribution in [2.75, 3.05) is 0 Å². The van der Waals surface area contributed by atoms with Crippen molar-refractivity contribution in [1.29, 1.82) is 0 Å². The van der Waals surface area contributed by atoms with Crippen LogP contribution in [-0.4, -0.2) is 82.7 Å². The van der Waals surface area contributed by atoms with Gasteiger partial charge in [-0.15, -0.1) is 0 Å². The number of halogens is 23. The summed E-state index contributed by atoms with van der Waals surface area (Å²) in [6.45, 7) is 2.06. The fourth-order valence-corrected chi connectivity index (χ4v) is 4.61. The molecule has 0 aliphatic heterocycles.